The van der Waals surface area contributed by atoms with E-state index in [9.17, 15) is 4.21 Å². The summed E-state index contributed by atoms with van der Waals surface area (Å²) in [7, 11) is -0.646. The van der Waals surface area contributed by atoms with E-state index < -0.39 is 10.8 Å². The number of hydrogen-bond acceptors (Lipinski definition) is 3. The van der Waals surface area contributed by atoms with Crippen molar-refractivity contribution in [1.82, 2.24) is 10.2 Å². The van der Waals surface area contributed by atoms with Crippen molar-refractivity contribution in [3.63, 3.8) is 0 Å². The molecule has 16 heavy (non-hydrogen) atoms. The lowest BCUT2D eigenvalue weighted by Gasteiger charge is -2.27. The quantitative estimate of drug-likeness (QED) is 0.791. The molecule has 96 valence electrons. The Hall–Kier alpha value is 0.0700. The monoisotopic (exact) mass is 246 g/mol. The van der Waals surface area contributed by atoms with E-state index >= 15 is 0 Å². The van der Waals surface area contributed by atoms with Crippen molar-refractivity contribution in [1.29, 1.82) is 0 Å². The van der Waals surface area contributed by atoms with Gasteiger partial charge in [0.25, 0.3) is 0 Å². The molecule has 1 N–H and O–H groups in total. The van der Waals surface area contributed by atoms with Crippen LogP contribution in [-0.4, -0.2) is 52.8 Å². The van der Waals surface area contributed by atoms with Crippen LogP contribution in [0.5, 0.6) is 0 Å². The van der Waals surface area contributed by atoms with Gasteiger partial charge in [-0.05, 0) is 32.7 Å². The Kier molecular flexibility index (Phi) is 6.54. The molecule has 1 aliphatic heterocycles. The highest BCUT2D eigenvalue weighted by molar-refractivity contribution is 7.84. The van der Waals surface area contributed by atoms with Gasteiger partial charge in [-0.1, -0.05) is 6.92 Å². The van der Waals surface area contributed by atoms with Crippen molar-refractivity contribution in [3.05, 3.63) is 0 Å². The Labute approximate surface area is 102 Å². The zero-order valence-corrected chi connectivity index (χ0v) is 11.7. The molecule has 3 nitrogen and oxygen atoms in total. The molecule has 1 heterocycles. The second kappa shape index (κ2) is 7.41. The fourth-order valence-corrected chi connectivity index (χ4v) is 2.93. The smallest absolute Gasteiger partial charge is 0.0246 e. The lowest BCUT2D eigenvalue weighted by atomic mass is 10.1. The highest BCUT2D eigenvalue weighted by atomic mass is 32.2. The van der Waals surface area contributed by atoms with Gasteiger partial charge in [-0.2, -0.15) is 0 Å². The van der Waals surface area contributed by atoms with Gasteiger partial charge in [-0.15, -0.1) is 0 Å². The van der Waals surface area contributed by atoms with Crippen LogP contribution in [-0.2, 0) is 10.8 Å². The third kappa shape index (κ3) is 4.93. The van der Waals surface area contributed by atoms with E-state index in [1.165, 1.54) is 19.4 Å². The van der Waals surface area contributed by atoms with Crippen LogP contribution in [0.3, 0.4) is 0 Å². The van der Waals surface area contributed by atoms with E-state index in [1.807, 2.05) is 0 Å². The first-order valence-corrected chi connectivity index (χ1v) is 8.13. The van der Waals surface area contributed by atoms with Crippen molar-refractivity contribution in [2.75, 3.05) is 31.6 Å². The number of hydrogen-bond donors (Lipinski definition) is 1. The molecule has 4 heteroatoms. The summed E-state index contributed by atoms with van der Waals surface area (Å²) in [6, 6.07) is 1.26. The Morgan fingerprint density at radius 2 is 2.25 bits per heavy atom. The molecule has 0 aromatic carbocycles. The van der Waals surface area contributed by atoms with Crippen LogP contribution in [0.2, 0.25) is 0 Å². The van der Waals surface area contributed by atoms with Gasteiger partial charge in [0.15, 0.2) is 0 Å². The van der Waals surface area contributed by atoms with Crippen LogP contribution in [0.4, 0.5) is 0 Å². The summed E-state index contributed by atoms with van der Waals surface area (Å²) in [6.45, 7) is 7.92. The summed E-state index contributed by atoms with van der Waals surface area (Å²) >= 11 is 0. The first-order chi connectivity index (χ1) is 7.63. The molecule has 1 saturated heterocycles. The van der Waals surface area contributed by atoms with Crippen LogP contribution < -0.4 is 5.32 Å². The third-order valence-electron chi connectivity index (χ3n) is 3.54. The maximum atomic E-state index is 11.1. The minimum Gasteiger partial charge on any atom is -0.313 e. The SMILES string of the molecule is CCC1CCN(C(C)CCS(C)=O)CCN1. The maximum Gasteiger partial charge on any atom is 0.0246 e. The van der Waals surface area contributed by atoms with Gasteiger partial charge in [-0.3, -0.25) is 9.11 Å². The molecule has 0 aromatic rings. The third-order valence-corrected chi connectivity index (χ3v) is 4.35. The van der Waals surface area contributed by atoms with Gasteiger partial charge >= 0.3 is 0 Å². The van der Waals surface area contributed by atoms with Gasteiger partial charge in [0.2, 0.25) is 0 Å². The zero-order chi connectivity index (χ0) is 12.0. The van der Waals surface area contributed by atoms with E-state index in [2.05, 4.69) is 24.1 Å². The number of rotatable bonds is 5. The molecule has 0 aliphatic carbocycles. The van der Waals surface area contributed by atoms with Gasteiger partial charge < -0.3 is 5.32 Å². The van der Waals surface area contributed by atoms with Crippen LogP contribution in [0.25, 0.3) is 0 Å². The molecule has 0 radical (unpaired) electrons. The number of nitrogens with one attached hydrogen (secondary N) is 1. The van der Waals surface area contributed by atoms with Crippen LogP contribution in [0, 0.1) is 0 Å². The largest absolute Gasteiger partial charge is 0.313 e. The molecule has 3 unspecified atom stereocenters. The standard InChI is InChI=1S/C12H26N2OS/c1-4-12-5-8-14(9-7-13-12)11(2)6-10-16(3)15/h11-13H,4-10H2,1-3H3. The highest BCUT2D eigenvalue weighted by Gasteiger charge is 2.19. The summed E-state index contributed by atoms with van der Waals surface area (Å²) in [5.41, 5.74) is 0. The average molecular weight is 246 g/mol. The Morgan fingerprint density at radius 1 is 1.50 bits per heavy atom. The summed E-state index contributed by atoms with van der Waals surface area (Å²) in [5, 5.41) is 3.58. The van der Waals surface area contributed by atoms with E-state index in [1.54, 1.807) is 6.26 Å². The summed E-state index contributed by atoms with van der Waals surface area (Å²) in [4.78, 5) is 2.54. The minimum absolute atomic E-state index is 0.571. The molecule has 0 spiro atoms. The van der Waals surface area contributed by atoms with Crippen LogP contribution in [0.1, 0.15) is 33.1 Å². The van der Waals surface area contributed by atoms with Gasteiger partial charge in [-0.25, -0.2) is 0 Å². The van der Waals surface area contributed by atoms with E-state index in [0.29, 0.717) is 12.1 Å². The fourth-order valence-electron chi connectivity index (χ4n) is 2.26. The van der Waals surface area contributed by atoms with Crippen molar-refractivity contribution < 1.29 is 4.21 Å². The first-order valence-electron chi connectivity index (χ1n) is 6.41. The van der Waals surface area contributed by atoms with Crippen LogP contribution in [0.15, 0.2) is 0 Å². The molecule has 0 saturated carbocycles. The van der Waals surface area contributed by atoms with Gasteiger partial charge in [0.1, 0.15) is 0 Å². The number of nitrogens with zero attached hydrogens (tertiary/aromatic N) is 1. The molecule has 0 aromatic heterocycles. The Morgan fingerprint density at radius 3 is 2.88 bits per heavy atom. The lowest BCUT2D eigenvalue weighted by Crippen LogP contribution is -2.36. The minimum atomic E-state index is -0.646. The van der Waals surface area contributed by atoms with Gasteiger partial charge in [0, 0.05) is 48.0 Å². The van der Waals surface area contributed by atoms with Crippen molar-refractivity contribution in [3.8, 4) is 0 Å². The second-order valence-corrected chi connectivity index (χ2v) is 6.35. The van der Waals surface area contributed by atoms with Crippen LogP contribution >= 0.6 is 0 Å². The van der Waals surface area contributed by atoms with Crippen molar-refractivity contribution >= 4 is 10.8 Å². The summed E-state index contributed by atoms with van der Waals surface area (Å²) in [5.74, 6) is 0.836. The molecular weight excluding hydrogens is 220 g/mol. The zero-order valence-electron chi connectivity index (χ0n) is 10.9. The molecular formula is C12H26N2OS. The molecule has 1 aliphatic rings. The predicted octanol–water partition coefficient (Wildman–Crippen LogP) is 1.22. The molecule has 1 fully saturated rings. The molecule has 0 amide bonds. The molecule has 1 rings (SSSR count). The highest BCUT2D eigenvalue weighted by Crippen LogP contribution is 2.10. The maximum absolute atomic E-state index is 11.1. The Bertz CT molecular complexity index is 223. The first kappa shape index (κ1) is 14.1. The van der Waals surface area contributed by atoms with Crippen molar-refractivity contribution in [2.24, 2.45) is 0 Å². The normalized spacial score (nSPS) is 27.3. The molecule has 3 atom stereocenters. The van der Waals surface area contributed by atoms with E-state index in [-0.39, 0.29) is 0 Å². The van der Waals surface area contributed by atoms with Crippen molar-refractivity contribution in [2.45, 2.75) is 45.2 Å². The Balaban J connectivity index is 2.32. The van der Waals surface area contributed by atoms with E-state index in [4.69, 9.17) is 0 Å². The average Bonchev–Trinajstić information content (AvgIpc) is 2.50. The fraction of sp³-hybridized carbons (Fsp3) is 1.00. The molecule has 0 bridgehead atoms. The topological polar surface area (TPSA) is 32.3 Å². The van der Waals surface area contributed by atoms with E-state index in [0.717, 1.165) is 25.3 Å². The second-order valence-electron chi connectivity index (χ2n) is 4.80. The summed E-state index contributed by atoms with van der Waals surface area (Å²) in [6.07, 6.45) is 5.32. The summed E-state index contributed by atoms with van der Waals surface area (Å²) < 4.78 is 11.1. The van der Waals surface area contributed by atoms with Gasteiger partial charge in [0.05, 0.1) is 0 Å². The predicted molar refractivity (Wildman–Crippen MR) is 71.3 cm³/mol. The lowest BCUT2D eigenvalue weighted by molar-refractivity contribution is 0.217.